The molecular weight excluding hydrogens is 377 g/mol. The summed E-state index contributed by atoms with van der Waals surface area (Å²) in [6, 6.07) is 10.3. The lowest BCUT2D eigenvalue weighted by atomic mass is 9.81. The predicted molar refractivity (Wildman–Crippen MR) is 103 cm³/mol. The molecule has 3 atom stereocenters. The number of nitrogens with one attached hydrogen (secondary N) is 1. The van der Waals surface area contributed by atoms with Crippen LogP contribution in [0.5, 0.6) is 0 Å². The molecule has 1 aromatic heterocycles. The van der Waals surface area contributed by atoms with E-state index in [0.717, 1.165) is 18.5 Å². The van der Waals surface area contributed by atoms with E-state index < -0.39 is 12.4 Å². The Morgan fingerprint density at radius 2 is 2.15 bits per heavy atom. The molecule has 0 radical (unpaired) electrons. The second-order valence-electron chi connectivity index (χ2n) is 6.44. The zero-order valence-electron chi connectivity index (χ0n) is 14.0. The summed E-state index contributed by atoms with van der Waals surface area (Å²) < 4.78 is 13.6. The maximum absolute atomic E-state index is 13.6. The molecule has 2 aromatic rings. The van der Waals surface area contributed by atoms with Gasteiger partial charge in [-0.2, -0.15) is 0 Å². The fourth-order valence-electron chi connectivity index (χ4n) is 3.74. The van der Waals surface area contributed by atoms with E-state index in [9.17, 15) is 9.50 Å². The van der Waals surface area contributed by atoms with Crippen LogP contribution in [0.3, 0.4) is 0 Å². The minimum absolute atomic E-state index is 0. The lowest BCUT2D eigenvalue weighted by Crippen LogP contribution is -2.59. The number of thioether (sulfide) groups is 1. The average molecular weight is 398 g/mol. The SMILES string of the molecule is Cl.NC1N[C@@]2(c3ccccc3)CN(c3ncc(F)c(CO)n3)C[C@H]2CS1. The summed E-state index contributed by atoms with van der Waals surface area (Å²) in [4.78, 5) is 10.4. The summed E-state index contributed by atoms with van der Waals surface area (Å²) in [7, 11) is 0. The third-order valence-corrected chi connectivity index (χ3v) is 6.05. The number of halogens is 2. The van der Waals surface area contributed by atoms with Crippen LogP contribution in [-0.4, -0.2) is 39.4 Å². The summed E-state index contributed by atoms with van der Waals surface area (Å²) >= 11 is 1.69. The van der Waals surface area contributed by atoms with E-state index >= 15 is 0 Å². The highest BCUT2D eigenvalue weighted by Gasteiger charge is 2.51. The van der Waals surface area contributed by atoms with Gasteiger partial charge in [0.2, 0.25) is 5.95 Å². The van der Waals surface area contributed by atoms with Crippen molar-refractivity contribution < 1.29 is 9.50 Å². The Morgan fingerprint density at radius 3 is 2.88 bits per heavy atom. The molecule has 0 bridgehead atoms. The Kier molecular flexibility index (Phi) is 5.69. The summed E-state index contributed by atoms with van der Waals surface area (Å²) in [6.07, 6.45) is 1.12. The molecule has 1 aromatic carbocycles. The van der Waals surface area contributed by atoms with E-state index in [0.29, 0.717) is 18.4 Å². The van der Waals surface area contributed by atoms with Crippen molar-refractivity contribution in [2.75, 3.05) is 23.7 Å². The van der Waals surface area contributed by atoms with Gasteiger partial charge < -0.3 is 15.7 Å². The van der Waals surface area contributed by atoms with Crippen molar-refractivity contribution in [3.63, 3.8) is 0 Å². The first kappa shape index (κ1) is 19.3. The number of rotatable bonds is 3. The number of benzene rings is 1. The quantitative estimate of drug-likeness (QED) is 0.722. The van der Waals surface area contributed by atoms with E-state index in [1.54, 1.807) is 11.8 Å². The molecule has 6 nitrogen and oxygen atoms in total. The van der Waals surface area contributed by atoms with Crippen molar-refractivity contribution in [2.24, 2.45) is 11.7 Å². The van der Waals surface area contributed by atoms with Gasteiger partial charge in [0.05, 0.1) is 18.3 Å². The molecule has 1 unspecified atom stereocenters. The van der Waals surface area contributed by atoms with Gasteiger partial charge in [-0.3, -0.25) is 5.32 Å². The van der Waals surface area contributed by atoms with Crippen LogP contribution < -0.4 is 16.0 Å². The molecule has 140 valence electrons. The summed E-state index contributed by atoms with van der Waals surface area (Å²) in [5, 5.41) is 12.8. The Balaban J connectivity index is 0.00000196. The topological polar surface area (TPSA) is 87.3 Å². The molecule has 0 aliphatic carbocycles. The average Bonchev–Trinajstić information content (AvgIpc) is 3.03. The summed E-state index contributed by atoms with van der Waals surface area (Å²) in [5.74, 6) is 1.10. The van der Waals surface area contributed by atoms with Gasteiger partial charge in [-0.05, 0) is 5.56 Å². The Hall–Kier alpha value is -1.45. The molecule has 2 aliphatic rings. The van der Waals surface area contributed by atoms with Crippen molar-refractivity contribution in [2.45, 2.75) is 17.6 Å². The van der Waals surface area contributed by atoms with E-state index in [1.807, 2.05) is 23.1 Å². The number of hydrogen-bond donors (Lipinski definition) is 3. The maximum atomic E-state index is 13.6. The van der Waals surface area contributed by atoms with Crippen LogP contribution in [-0.2, 0) is 12.1 Å². The number of aliphatic hydroxyl groups excluding tert-OH is 1. The first-order chi connectivity index (χ1) is 12.1. The zero-order chi connectivity index (χ0) is 17.4. The molecule has 4 N–H and O–H groups in total. The van der Waals surface area contributed by atoms with Gasteiger partial charge in [0.1, 0.15) is 11.2 Å². The summed E-state index contributed by atoms with van der Waals surface area (Å²) in [5.41, 5.74) is 6.96. The van der Waals surface area contributed by atoms with Crippen LogP contribution in [0.1, 0.15) is 11.3 Å². The number of fused-ring (bicyclic) bond motifs is 1. The van der Waals surface area contributed by atoms with Gasteiger partial charge >= 0.3 is 0 Å². The second-order valence-corrected chi connectivity index (χ2v) is 7.61. The third kappa shape index (κ3) is 3.27. The van der Waals surface area contributed by atoms with Crippen LogP contribution in [0.25, 0.3) is 0 Å². The molecule has 2 fully saturated rings. The lowest BCUT2D eigenvalue weighted by Gasteiger charge is -2.42. The molecule has 4 rings (SSSR count). The molecule has 0 amide bonds. The van der Waals surface area contributed by atoms with Gasteiger partial charge in [-0.1, -0.05) is 30.3 Å². The van der Waals surface area contributed by atoms with Crippen LogP contribution in [0.2, 0.25) is 0 Å². The highest BCUT2D eigenvalue weighted by molar-refractivity contribution is 7.99. The lowest BCUT2D eigenvalue weighted by molar-refractivity contribution is 0.269. The van der Waals surface area contributed by atoms with Crippen LogP contribution in [0, 0.1) is 11.7 Å². The van der Waals surface area contributed by atoms with Crippen molar-refractivity contribution in [3.8, 4) is 0 Å². The van der Waals surface area contributed by atoms with Gasteiger partial charge in [-0.15, -0.1) is 24.2 Å². The van der Waals surface area contributed by atoms with Gasteiger partial charge in [-0.25, -0.2) is 14.4 Å². The molecule has 0 saturated carbocycles. The number of anilines is 1. The number of aliphatic hydroxyl groups is 1. The first-order valence-corrected chi connectivity index (χ1v) is 9.25. The van der Waals surface area contributed by atoms with Crippen molar-refractivity contribution in [1.82, 2.24) is 15.3 Å². The van der Waals surface area contributed by atoms with E-state index in [-0.39, 0.29) is 29.1 Å². The summed E-state index contributed by atoms with van der Waals surface area (Å²) in [6.45, 7) is 0.950. The van der Waals surface area contributed by atoms with Crippen molar-refractivity contribution in [1.29, 1.82) is 0 Å². The molecule has 26 heavy (non-hydrogen) atoms. The predicted octanol–water partition coefficient (Wildman–Crippen LogP) is 1.44. The number of aromatic nitrogens is 2. The van der Waals surface area contributed by atoms with Crippen LogP contribution >= 0.6 is 24.2 Å². The number of nitrogens with zero attached hydrogens (tertiary/aromatic N) is 3. The fraction of sp³-hybridized carbons (Fsp3) is 0.412. The largest absolute Gasteiger partial charge is 0.390 e. The van der Waals surface area contributed by atoms with E-state index in [4.69, 9.17) is 5.73 Å². The number of hydrogen-bond acceptors (Lipinski definition) is 7. The van der Waals surface area contributed by atoms with Gasteiger partial charge in [0.25, 0.3) is 0 Å². The normalized spacial score (nSPS) is 27.7. The molecule has 9 heteroatoms. The van der Waals surface area contributed by atoms with Crippen molar-refractivity contribution >= 4 is 30.1 Å². The molecule has 3 heterocycles. The zero-order valence-corrected chi connectivity index (χ0v) is 15.6. The molecule has 2 saturated heterocycles. The Bertz CT molecular complexity index is 770. The maximum Gasteiger partial charge on any atom is 0.225 e. The fourth-order valence-corrected chi connectivity index (χ4v) is 4.87. The highest BCUT2D eigenvalue weighted by atomic mass is 35.5. The monoisotopic (exact) mass is 397 g/mol. The van der Waals surface area contributed by atoms with E-state index in [2.05, 4.69) is 27.4 Å². The van der Waals surface area contributed by atoms with Gasteiger partial charge in [0.15, 0.2) is 5.82 Å². The molecule has 2 aliphatic heterocycles. The van der Waals surface area contributed by atoms with Crippen molar-refractivity contribution in [3.05, 3.63) is 53.6 Å². The third-order valence-electron chi connectivity index (χ3n) is 4.98. The van der Waals surface area contributed by atoms with Crippen LogP contribution in [0.4, 0.5) is 10.3 Å². The smallest absolute Gasteiger partial charge is 0.225 e. The number of nitrogens with two attached hydrogens (primary N) is 1. The minimum atomic E-state index is -0.587. The standard InChI is InChI=1S/C17H20FN5OS.ClH/c18-13-6-20-16(21-14(13)8-24)23-7-12-9-25-15(19)22-17(12,10-23)11-4-2-1-3-5-11;/h1-6,12,15,22,24H,7-10,19H2;1H/t12-,15?,17+;/m0./s1. The van der Waals surface area contributed by atoms with Crippen LogP contribution in [0.15, 0.2) is 36.5 Å². The Morgan fingerprint density at radius 1 is 1.38 bits per heavy atom. The second kappa shape index (κ2) is 7.66. The minimum Gasteiger partial charge on any atom is -0.390 e. The Labute approximate surface area is 161 Å². The molecular formula is C17H21ClFN5OS. The highest BCUT2D eigenvalue weighted by Crippen LogP contribution is 2.43. The molecule has 0 spiro atoms. The van der Waals surface area contributed by atoms with Gasteiger partial charge in [0, 0.05) is 24.8 Å². The van der Waals surface area contributed by atoms with E-state index in [1.165, 1.54) is 5.56 Å². The first-order valence-electron chi connectivity index (χ1n) is 8.20.